The molecule has 2 nitrogen and oxygen atoms in total. The van der Waals surface area contributed by atoms with E-state index in [1.165, 1.54) is 0 Å². The van der Waals surface area contributed by atoms with Gasteiger partial charge in [0.1, 0.15) is 5.60 Å². The van der Waals surface area contributed by atoms with Crippen LogP contribution in [0.1, 0.15) is 41.0 Å². The smallest absolute Gasteiger partial charge is 0.163 e. The number of hydrogen-bond donors (Lipinski definition) is 1. The molecule has 2 aliphatic carbocycles. The lowest BCUT2D eigenvalue weighted by molar-refractivity contribution is -0.0304. The molecule has 4 heteroatoms. The maximum Gasteiger partial charge on any atom is 0.163 e. The van der Waals surface area contributed by atoms with Crippen LogP contribution in [0.25, 0.3) is 0 Å². The average Bonchev–Trinajstić information content (AvgIpc) is 2.68. The third kappa shape index (κ3) is 2.25. The van der Waals surface area contributed by atoms with Gasteiger partial charge in [0.2, 0.25) is 0 Å². The van der Waals surface area contributed by atoms with Crippen LogP contribution < -0.4 is 0 Å². The number of aliphatic hydroxyl groups excluding tert-OH is 1. The SMILES string of the molecule is C[C@H](C[C@@H](C)O)O[C@@]12C=CC(C)(C)C=C[C@]1(C)C2(Cl)Cl. The summed E-state index contributed by atoms with van der Waals surface area (Å²) in [5, 5.41) is 9.50. The van der Waals surface area contributed by atoms with Crippen molar-refractivity contribution < 1.29 is 9.84 Å². The monoisotopic (exact) mass is 318 g/mol. The second kappa shape index (κ2) is 4.74. The van der Waals surface area contributed by atoms with Crippen molar-refractivity contribution in [3.8, 4) is 0 Å². The first kappa shape index (κ1) is 16.4. The molecule has 2 rings (SSSR count). The second-order valence-corrected chi connectivity index (χ2v) is 8.34. The minimum atomic E-state index is -0.976. The molecule has 0 aromatic heterocycles. The number of ether oxygens (including phenoxy) is 1. The van der Waals surface area contributed by atoms with Crippen molar-refractivity contribution in [3.05, 3.63) is 24.3 Å². The van der Waals surface area contributed by atoms with E-state index < -0.39 is 21.5 Å². The quantitative estimate of drug-likeness (QED) is 0.620. The summed E-state index contributed by atoms with van der Waals surface area (Å²) >= 11 is 13.1. The molecule has 1 N–H and O–H groups in total. The molecule has 0 aliphatic heterocycles. The minimum Gasteiger partial charge on any atom is -0.393 e. The third-order valence-electron chi connectivity index (χ3n) is 4.48. The van der Waals surface area contributed by atoms with Crippen molar-refractivity contribution in [2.24, 2.45) is 10.8 Å². The Balaban J connectivity index is 2.30. The van der Waals surface area contributed by atoms with E-state index in [0.29, 0.717) is 6.42 Å². The Hall–Kier alpha value is -0.0200. The molecule has 0 spiro atoms. The summed E-state index contributed by atoms with van der Waals surface area (Å²) in [6, 6.07) is 0. The predicted octanol–water partition coefficient (Wildman–Crippen LogP) is 4.25. The molecule has 4 atom stereocenters. The number of alkyl halides is 2. The van der Waals surface area contributed by atoms with Crippen molar-refractivity contribution in [2.75, 3.05) is 0 Å². The number of hydrogen-bond acceptors (Lipinski definition) is 2. The van der Waals surface area contributed by atoms with Gasteiger partial charge in [-0.25, -0.2) is 0 Å². The fourth-order valence-corrected chi connectivity index (χ4v) is 3.92. The van der Waals surface area contributed by atoms with Crippen LogP contribution in [0, 0.1) is 10.8 Å². The molecule has 0 heterocycles. The van der Waals surface area contributed by atoms with Crippen molar-refractivity contribution >= 4 is 23.2 Å². The highest BCUT2D eigenvalue weighted by atomic mass is 35.5. The Bertz CT molecular complexity index is 453. The van der Waals surface area contributed by atoms with Crippen LogP contribution in [-0.2, 0) is 4.74 Å². The first-order chi connectivity index (χ1) is 8.97. The molecule has 0 bridgehead atoms. The van der Waals surface area contributed by atoms with E-state index in [-0.39, 0.29) is 11.5 Å². The summed E-state index contributed by atoms with van der Waals surface area (Å²) in [6.45, 7) is 9.97. The summed E-state index contributed by atoms with van der Waals surface area (Å²) < 4.78 is 5.22. The van der Waals surface area contributed by atoms with Gasteiger partial charge in [0.15, 0.2) is 4.33 Å². The summed E-state index contributed by atoms with van der Waals surface area (Å²) in [6.07, 6.45) is 8.33. The maximum atomic E-state index is 9.50. The van der Waals surface area contributed by atoms with Crippen LogP contribution in [0.15, 0.2) is 24.3 Å². The zero-order valence-electron chi connectivity index (χ0n) is 12.8. The van der Waals surface area contributed by atoms with Crippen molar-refractivity contribution in [2.45, 2.75) is 63.2 Å². The standard InChI is InChI=1S/C16H24Cl2O2/c1-11(19)10-12(2)20-15-9-7-13(3,4)6-8-14(15,5)16(15,17)18/h6-9,11-12,19H,10H2,1-5H3/t11-,12-,14+,15+/m1/s1. The van der Waals surface area contributed by atoms with Gasteiger partial charge in [-0.3, -0.25) is 0 Å². The van der Waals surface area contributed by atoms with Crippen molar-refractivity contribution in [1.29, 1.82) is 0 Å². The first-order valence-electron chi connectivity index (χ1n) is 7.12. The Morgan fingerprint density at radius 3 is 2.15 bits per heavy atom. The van der Waals surface area contributed by atoms with Crippen LogP contribution >= 0.6 is 23.2 Å². The van der Waals surface area contributed by atoms with Gasteiger partial charge in [-0.2, -0.15) is 0 Å². The van der Waals surface area contributed by atoms with Gasteiger partial charge in [0, 0.05) is 5.41 Å². The molecule has 0 unspecified atom stereocenters. The highest BCUT2D eigenvalue weighted by Crippen LogP contribution is 2.76. The summed E-state index contributed by atoms with van der Waals surface area (Å²) in [4.78, 5) is 0. The molecule has 0 aromatic rings. The second-order valence-electron chi connectivity index (χ2n) is 7.01. The lowest BCUT2D eigenvalue weighted by atomic mass is 9.92. The number of allylic oxidation sites excluding steroid dienone is 2. The lowest BCUT2D eigenvalue weighted by Crippen LogP contribution is -2.29. The molecule has 0 radical (unpaired) electrons. The summed E-state index contributed by atoms with van der Waals surface area (Å²) in [7, 11) is 0. The van der Waals surface area contributed by atoms with Gasteiger partial charge in [0.25, 0.3) is 0 Å². The molecular weight excluding hydrogens is 295 g/mol. The van der Waals surface area contributed by atoms with Gasteiger partial charge in [-0.1, -0.05) is 61.4 Å². The van der Waals surface area contributed by atoms with Crippen LogP contribution in [-0.4, -0.2) is 27.2 Å². The molecule has 2 aliphatic rings. The molecule has 114 valence electrons. The van der Waals surface area contributed by atoms with Crippen molar-refractivity contribution in [1.82, 2.24) is 0 Å². The highest BCUT2D eigenvalue weighted by Gasteiger charge is 2.84. The Morgan fingerprint density at radius 1 is 1.05 bits per heavy atom. The molecule has 20 heavy (non-hydrogen) atoms. The van der Waals surface area contributed by atoms with Crippen LogP contribution in [0.4, 0.5) is 0 Å². The van der Waals surface area contributed by atoms with Crippen LogP contribution in [0.2, 0.25) is 0 Å². The van der Waals surface area contributed by atoms with Gasteiger partial charge in [-0.15, -0.1) is 0 Å². The van der Waals surface area contributed by atoms with E-state index in [2.05, 4.69) is 32.1 Å². The zero-order valence-corrected chi connectivity index (χ0v) is 14.3. The number of halogens is 2. The maximum absolute atomic E-state index is 9.50. The average molecular weight is 319 g/mol. The summed E-state index contributed by atoms with van der Waals surface area (Å²) in [5.41, 5.74) is -1.20. The van der Waals surface area contributed by atoms with E-state index in [9.17, 15) is 5.11 Å². The lowest BCUT2D eigenvalue weighted by Gasteiger charge is -2.24. The zero-order chi connectivity index (χ0) is 15.4. The van der Waals surface area contributed by atoms with Crippen LogP contribution in [0.3, 0.4) is 0 Å². The number of aliphatic hydroxyl groups is 1. The van der Waals surface area contributed by atoms with E-state index >= 15 is 0 Å². The normalized spacial score (nSPS) is 39.8. The van der Waals surface area contributed by atoms with E-state index in [0.717, 1.165) is 0 Å². The van der Waals surface area contributed by atoms with Crippen LogP contribution in [0.5, 0.6) is 0 Å². The Labute approximate surface area is 131 Å². The topological polar surface area (TPSA) is 29.5 Å². The number of rotatable bonds is 4. The van der Waals surface area contributed by atoms with Gasteiger partial charge in [0.05, 0.1) is 17.6 Å². The highest BCUT2D eigenvalue weighted by molar-refractivity contribution is 6.53. The van der Waals surface area contributed by atoms with E-state index in [4.69, 9.17) is 27.9 Å². The fourth-order valence-electron chi connectivity index (χ4n) is 3.00. The van der Waals surface area contributed by atoms with Crippen molar-refractivity contribution in [3.63, 3.8) is 0 Å². The first-order valence-corrected chi connectivity index (χ1v) is 7.87. The van der Waals surface area contributed by atoms with Gasteiger partial charge < -0.3 is 9.84 Å². The molecule has 0 amide bonds. The predicted molar refractivity (Wildman–Crippen MR) is 84.2 cm³/mol. The third-order valence-corrected chi connectivity index (χ3v) is 5.83. The molecule has 0 saturated heterocycles. The Kier molecular flexibility index (Phi) is 3.88. The number of fused-ring (bicyclic) bond motifs is 1. The molecule has 1 saturated carbocycles. The largest absolute Gasteiger partial charge is 0.393 e. The van der Waals surface area contributed by atoms with E-state index in [1.807, 2.05) is 19.9 Å². The van der Waals surface area contributed by atoms with E-state index in [1.54, 1.807) is 6.92 Å². The van der Waals surface area contributed by atoms with Gasteiger partial charge >= 0.3 is 0 Å². The van der Waals surface area contributed by atoms with Gasteiger partial charge in [-0.05, 0) is 27.2 Å². The molecule has 1 fully saturated rings. The Morgan fingerprint density at radius 2 is 1.60 bits per heavy atom. The minimum absolute atomic E-state index is 0.0375. The molecule has 0 aromatic carbocycles. The summed E-state index contributed by atoms with van der Waals surface area (Å²) in [5.74, 6) is 0. The molecular formula is C16H24Cl2O2. The fraction of sp³-hybridized carbons (Fsp3) is 0.750.